The number of nitrogens with one attached hydrogen (secondary N) is 1. The molecular formula is C21H20ClN3O3S. The quantitative estimate of drug-likeness (QED) is 0.576. The summed E-state index contributed by atoms with van der Waals surface area (Å²) in [5.74, 6) is 1.22. The monoisotopic (exact) mass is 429 g/mol. The third kappa shape index (κ3) is 5.62. The Balaban J connectivity index is 1.70. The van der Waals surface area contributed by atoms with Gasteiger partial charge < -0.3 is 14.8 Å². The molecule has 1 aromatic heterocycles. The minimum absolute atomic E-state index is 0.169. The summed E-state index contributed by atoms with van der Waals surface area (Å²) in [6.45, 7) is 0.414. The second-order valence-corrected chi connectivity index (χ2v) is 7.43. The van der Waals surface area contributed by atoms with Gasteiger partial charge >= 0.3 is 0 Å². The zero-order chi connectivity index (χ0) is 20.6. The van der Waals surface area contributed by atoms with Crippen LogP contribution in [0.5, 0.6) is 11.5 Å². The molecule has 0 aliphatic rings. The Bertz CT molecular complexity index is 986. The van der Waals surface area contributed by atoms with Crippen LogP contribution < -0.4 is 14.8 Å². The molecule has 0 aliphatic heterocycles. The number of aromatic nitrogens is 2. The minimum atomic E-state index is -0.262. The van der Waals surface area contributed by atoms with Crippen LogP contribution in [-0.4, -0.2) is 36.9 Å². The molecule has 8 heteroatoms. The third-order valence-corrected chi connectivity index (χ3v) is 5.29. The first-order valence-corrected chi connectivity index (χ1v) is 10.1. The van der Waals surface area contributed by atoms with Crippen molar-refractivity contribution < 1.29 is 14.3 Å². The number of hydrogen-bond acceptors (Lipinski definition) is 6. The van der Waals surface area contributed by atoms with E-state index >= 15 is 0 Å². The van der Waals surface area contributed by atoms with Gasteiger partial charge in [0.15, 0.2) is 5.15 Å². The predicted octanol–water partition coefficient (Wildman–Crippen LogP) is 4.27. The normalized spacial score (nSPS) is 10.4. The number of methoxy groups -OCH3 is 2. The van der Waals surface area contributed by atoms with Gasteiger partial charge in [0.05, 0.1) is 19.8 Å². The Morgan fingerprint density at radius 3 is 2.59 bits per heavy atom. The molecule has 1 N–H and O–H groups in total. The SMILES string of the molecule is COc1ccc(OC)c(CCNC(=O)c2cc(Cl)nnc2Sc2ccccc2)c1. The number of amides is 1. The molecule has 0 atom stereocenters. The van der Waals surface area contributed by atoms with Crippen molar-refractivity contribution in [3.8, 4) is 11.5 Å². The van der Waals surface area contributed by atoms with Gasteiger partial charge in [0.2, 0.25) is 0 Å². The molecule has 150 valence electrons. The zero-order valence-electron chi connectivity index (χ0n) is 16.0. The number of benzene rings is 2. The first-order valence-electron chi connectivity index (χ1n) is 8.86. The van der Waals surface area contributed by atoms with E-state index in [4.69, 9.17) is 21.1 Å². The summed E-state index contributed by atoms with van der Waals surface area (Å²) in [7, 11) is 3.22. The first kappa shape index (κ1) is 21.0. The summed E-state index contributed by atoms with van der Waals surface area (Å²) in [6, 6.07) is 16.8. The van der Waals surface area contributed by atoms with Crippen LogP contribution in [0.2, 0.25) is 5.15 Å². The summed E-state index contributed by atoms with van der Waals surface area (Å²) in [4.78, 5) is 13.7. The van der Waals surface area contributed by atoms with Crippen molar-refractivity contribution in [1.29, 1.82) is 0 Å². The largest absolute Gasteiger partial charge is 0.497 e. The van der Waals surface area contributed by atoms with Gasteiger partial charge in [0, 0.05) is 11.4 Å². The maximum atomic E-state index is 12.8. The first-order chi connectivity index (χ1) is 14.1. The van der Waals surface area contributed by atoms with Crippen molar-refractivity contribution in [1.82, 2.24) is 15.5 Å². The summed E-state index contributed by atoms with van der Waals surface area (Å²) in [5.41, 5.74) is 1.33. The van der Waals surface area contributed by atoms with E-state index in [2.05, 4.69) is 15.5 Å². The Kier molecular flexibility index (Phi) is 7.32. The van der Waals surface area contributed by atoms with Gasteiger partial charge in [-0.25, -0.2) is 0 Å². The molecule has 0 aliphatic carbocycles. The highest BCUT2D eigenvalue weighted by Gasteiger charge is 2.16. The molecule has 0 spiro atoms. The van der Waals surface area contributed by atoms with Gasteiger partial charge in [0.25, 0.3) is 5.91 Å². The lowest BCUT2D eigenvalue weighted by molar-refractivity contribution is 0.0950. The predicted molar refractivity (Wildman–Crippen MR) is 113 cm³/mol. The number of nitrogens with zero attached hydrogens (tertiary/aromatic N) is 2. The van der Waals surface area contributed by atoms with Crippen LogP contribution in [0.4, 0.5) is 0 Å². The molecule has 2 aromatic carbocycles. The van der Waals surface area contributed by atoms with E-state index < -0.39 is 0 Å². The van der Waals surface area contributed by atoms with E-state index in [0.29, 0.717) is 23.6 Å². The van der Waals surface area contributed by atoms with E-state index in [1.807, 2.05) is 48.5 Å². The molecule has 1 heterocycles. The van der Waals surface area contributed by atoms with E-state index in [1.54, 1.807) is 14.2 Å². The Morgan fingerprint density at radius 1 is 1.07 bits per heavy atom. The average Bonchev–Trinajstić information content (AvgIpc) is 2.75. The smallest absolute Gasteiger partial charge is 0.254 e. The van der Waals surface area contributed by atoms with Crippen molar-refractivity contribution in [2.45, 2.75) is 16.3 Å². The van der Waals surface area contributed by atoms with Gasteiger partial charge in [0.1, 0.15) is 16.5 Å². The van der Waals surface area contributed by atoms with Crippen LogP contribution in [0.3, 0.4) is 0 Å². The van der Waals surface area contributed by atoms with E-state index in [1.165, 1.54) is 17.8 Å². The van der Waals surface area contributed by atoms with Crippen LogP contribution in [0, 0.1) is 0 Å². The van der Waals surface area contributed by atoms with Gasteiger partial charge in [-0.15, -0.1) is 10.2 Å². The molecule has 0 bridgehead atoms. The van der Waals surface area contributed by atoms with Crippen molar-refractivity contribution in [2.24, 2.45) is 0 Å². The molecule has 1 amide bonds. The van der Waals surface area contributed by atoms with E-state index in [-0.39, 0.29) is 11.1 Å². The lowest BCUT2D eigenvalue weighted by Crippen LogP contribution is -2.26. The third-order valence-electron chi connectivity index (χ3n) is 4.10. The lowest BCUT2D eigenvalue weighted by Gasteiger charge is -2.12. The summed E-state index contributed by atoms with van der Waals surface area (Å²) < 4.78 is 10.6. The van der Waals surface area contributed by atoms with Crippen molar-refractivity contribution in [3.63, 3.8) is 0 Å². The Labute approximate surface area is 178 Å². The summed E-state index contributed by atoms with van der Waals surface area (Å²) >= 11 is 7.34. The molecule has 29 heavy (non-hydrogen) atoms. The fraction of sp³-hybridized carbons (Fsp3) is 0.190. The molecule has 6 nitrogen and oxygen atoms in total. The van der Waals surface area contributed by atoms with Crippen LogP contribution >= 0.6 is 23.4 Å². The maximum Gasteiger partial charge on any atom is 0.254 e. The van der Waals surface area contributed by atoms with Crippen LogP contribution in [-0.2, 0) is 6.42 Å². The van der Waals surface area contributed by atoms with Crippen molar-refractivity contribution in [2.75, 3.05) is 20.8 Å². The highest BCUT2D eigenvalue weighted by Crippen LogP contribution is 2.29. The molecular weight excluding hydrogens is 410 g/mol. The number of halogens is 1. The summed E-state index contributed by atoms with van der Waals surface area (Å²) in [6.07, 6.45) is 0.583. The standard InChI is InChI=1S/C21H20ClN3O3S/c1-27-15-8-9-18(28-2)14(12-15)10-11-23-20(26)17-13-19(22)24-25-21(17)29-16-6-4-3-5-7-16/h3-9,12-13H,10-11H2,1-2H3,(H,23,26). The number of carbonyl (C=O) groups is 1. The number of rotatable bonds is 8. The molecule has 0 radical (unpaired) electrons. The van der Waals surface area contributed by atoms with Crippen LogP contribution in [0.15, 0.2) is 64.5 Å². The molecule has 3 rings (SSSR count). The molecule has 0 fully saturated rings. The molecule has 0 saturated carbocycles. The number of carbonyl (C=O) groups excluding carboxylic acids is 1. The van der Waals surface area contributed by atoms with Gasteiger partial charge in [-0.3, -0.25) is 4.79 Å². The second-order valence-electron chi connectivity index (χ2n) is 5.98. The topological polar surface area (TPSA) is 73.3 Å². The number of hydrogen-bond donors (Lipinski definition) is 1. The minimum Gasteiger partial charge on any atom is -0.497 e. The maximum absolute atomic E-state index is 12.8. The lowest BCUT2D eigenvalue weighted by atomic mass is 10.1. The van der Waals surface area contributed by atoms with Gasteiger partial charge in [-0.2, -0.15) is 0 Å². The van der Waals surface area contributed by atoms with Gasteiger partial charge in [-0.1, -0.05) is 41.6 Å². The van der Waals surface area contributed by atoms with Gasteiger partial charge in [-0.05, 0) is 48.4 Å². The van der Waals surface area contributed by atoms with E-state index in [9.17, 15) is 4.79 Å². The average molecular weight is 430 g/mol. The molecule has 3 aromatic rings. The second kappa shape index (κ2) is 10.1. The van der Waals surface area contributed by atoms with E-state index in [0.717, 1.165) is 22.0 Å². The molecule has 0 saturated heterocycles. The fourth-order valence-corrected chi connectivity index (χ4v) is 3.68. The molecule has 0 unspecified atom stereocenters. The highest BCUT2D eigenvalue weighted by atomic mass is 35.5. The van der Waals surface area contributed by atoms with Crippen LogP contribution in [0.1, 0.15) is 15.9 Å². The highest BCUT2D eigenvalue weighted by molar-refractivity contribution is 7.99. The summed E-state index contributed by atoms with van der Waals surface area (Å²) in [5, 5.41) is 11.5. The fourth-order valence-electron chi connectivity index (χ4n) is 2.68. The zero-order valence-corrected chi connectivity index (χ0v) is 17.6. The van der Waals surface area contributed by atoms with Crippen molar-refractivity contribution >= 4 is 29.3 Å². The number of ether oxygens (including phenoxy) is 2. The van der Waals surface area contributed by atoms with Crippen molar-refractivity contribution in [3.05, 3.63) is 70.9 Å². The Morgan fingerprint density at radius 2 is 1.86 bits per heavy atom. The Hall–Kier alpha value is -2.77. The van der Waals surface area contributed by atoms with Crippen LogP contribution in [0.25, 0.3) is 0 Å².